The minimum atomic E-state index is 0.0856. The highest BCUT2D eigenvalue weighted by Gasteiger charge is 2.23. The molecule has 0 radical (unpaired) electrons. The summed E-state index contributed by atoms with van der Waals surface area (Å²) in [7, 11) is 1.84. The zero-order valence-corrected chi connectivity index (χ0v) is 11.6. The van der Waals surface area contributed by atoms with Crippen LogP contribution in [0.4, 0.5) is 0 Å². The Labute approximate surface area is 116 Å². The Kier molecular flexibility index (Phi) is 2.49. The summed E-state index contributed by atoms with van der Waals surface area (Å²) < 4.78 is 3.73. The molecule has 0 atom stereocenters. The third-order valence-corrected chi connectivity index (χ3v) is 4.57. The number of rotatable bonds is 1. The van der Waals surface area contributed by atoms with Crippen LogP contribution in [0.25, 0.3) is 22.1 Å². The highest BCUT2D eigenvalue weighted by atomic mass is 16.1. The average Bonchev–Trinajstić information content (AvgIpc) is 3.04. The van der Waals surface area contributed by atoms with Gasteiger partial charge in [0.1, 0.15) is 5.65 Å². The van der Waals surface area contributed by atoms with Crippen molar-refractivity contribution in [3.63, 3.8) is 0 Å². The monoisotopic (exact) mass is 270 g/mol. The van der Waals surface area contributed by atoms with Crippen molar-refractivity contribution in [2.24, 2.45) is 7.05 Å². The Morgan fingerprint density at radius 3 is 2.90 bits per heavy atom. The number of aromatic amines is 1. The van der Waals surface area contributed by atoms with Crippen molar-refractivity contribution in [1.82, 2.24) is 19.1 Å². The molecule has 1 aliphatic rings. The molecule has 1 N–H and O–H groups in total. The summed E-state index contributed by atoms with van der Waals surface area (Å²) in [6, 6.07) is 2.35. The van der Waals surface area contributed by atoms with Crippen LogP contribution < -0.4 is 5.69 Å². The zero-order chi connectivity index (χ0) is 13.7. The van der Waals surface area contributed by atoms with Crippen LogP contribution in [0.2, 0.25) is 0 Å². The third-order valence-electron chi connectivity index (χ3n) is 4.57. The Morgan fingerprint density at radius 2 is 2.10 bits per heavy atom. The lowest BCUT2D eigenvalue weighted by Crippen LogP contribution is -2.27. The van der Waals surface area contributed by atoms with Gasteiger partial charge in [0.15, 0.2) is 0 Å². The van der Waals surface area contributed by atoms with Crippen LogP contribution >= 0.6 is 0 Å². The van der Waals surface area contributed by atoms with E-state index in [1.54, 1.807) is 10.8 Å². The Bertz CT molecular complexity index is 833. The van der Waals surface area contributed by atoms with Crippen LogP contribution in [0.1, 0.15) is 38.1 Å². The van der Waals surface area contributed by atoms with Gasteiger partial charge in [0, 0.05) is 24.7 Å². The van der Waals surface area contributed by atoms with Crippen LogP contribution in [-0.4, -0.2) is 19.1 Å². The first-order valence-corrected chi connectivity index (χ1v) is 7.30. The van der Waals surface area contributed by atoms with E-state index in [0.717, 1.165) is 34.9 Å². The molecule has 0 amide bonds. The zero-order valence-electron chi connectivity index (χ0n) is 11.6. The van der Waals surface area contributed by atoms with Crippen LogP contribution in [-0.2, 0) is 7.05 Å². The second kappa shape index (κ2) is 4.23. The Balaban J connectivity index is 2.09. The van der Waals surface area contributed by atoms with Gasteiger partial charge in [-0.05, 0) is 18.9 Å². The number of nitrogens with zero attached hydrogens (tertiary/aromatic N) is 3. The van der Waals surface area contributed by atoms with E-state index in [9.17, 15) is 4.79 Å². The second-order valence-electron chi connectivity index (χ2n) is 5.74. The van der Waals surface area contributed by atoms with Crippen LogP contribution in [0.15, 0.2) is 23.3 Å². The van der Waals surface area contributed by atoms with Gasteiger partial charge in [0.05, 0.1) is 17.2 Å². The summed E-state index contributed by atoms with van der Waals surface area (Å²) in [5.74, 6) is 0. The first-order valence-electron chi connectivity index (χ1n) is 7.30. The summed E-state index contributed by atoms with van der Waals surface area (Å²) in [5, 5.41) is 1.05. The van der Waals surface area contributed by atoms with Crippen LogP contribution in [0.3, 0.4) is 0 Å². The quantitative estimate of drug-likeness (QED) is 0.739. The highest BCUT2D eigenvalue weighted by Crippen LogP contribution is 2.31. The van der Waals surface area contributed by atoms with E-state index in [-0.39, 0.29) is 5.69 Å². The van der Waals surface area contributed by atoms with E-state index in [2.05, 4.69) is 9.97 Å². The summed E-state index contributed by atoms with van der Waals surface area (Å²) in [6.45, 7) is 0. The van der Waals surface area contributed by atoms with Gasteiger partial charge in [0.25, 0.3) is 0 Å². The molecular weight excluding hydrogens is 252 g/mol. The molecule has 20 heavy (non-hydrogen) atoms. The van der Waals surface area contributed by atoms with Gasteiger partial charge in [-0.2, -0.15) is 0 Å². The number of aryl methyl sites for hydroxylation is 1. The fourth-order valence-corrected chi connectivity index (χ4v) is 3.52. The van der Waals surface area contributed by atoms with E-state index < -0.39 is 0 Å². The van der Waals surface area contributed by atoms with Crippen molar-refractivity contribution in [3.8, 4) is 0 Å². The third kappa shape index (κ3) is 1.49. The van der Waals surface area contributed by atoms with Gasteiger partial charge in [-0.3, -0.25) is 9.13 Å². The molecule has 0 unspecified atom stereocenters. The van der Waals surface area contributed by atoms with Crippen molar-refractivity contribution >= 4 is 22.1 Å². The van der Waals surface area contributed by atoms with Crippen LogP contribution in [0.5, 0.6) is 0 Å². The van der Waals surface area contributed by atoms with Crippen LogP contribution in [0, 0.1) is 0 Å². The van der Waals surface area contributed by atoms with E-state index in [4.69, 9.17) is 0 Å². The molecule has 104 valence electrons. The van der Waals surface area contributed by atoms with Crippen molar-refractivity contribution < 1.29 is 0 Å². The van der Waals surface area contributed by atoms with Crippen molar-refractivity contribution in [1.29, 1.82) is 0 Å². The van der Waals surface area contributed by atoms with E-state index in [1.807, 2.05) is 23.9 Å². The average molecular weight is 270 g/mol. The van der Waals surface area contributed by atoms with Crippen molar-refractivity contribution in [2.75, 3.05) is 0 Å². The van der Waals surface area contributed by atoms with Gasteiger partial charge in [-0.15, -0.1) is 0 Å². The largest absolute Gasteiger partial charge is 0.346 e. The molecule has 3 aromatic rings. The molecule has 0 saturated heterocycles. The number of pyridine rings is 1. The summed E-state index contributed by atoms with van der Waals surface area (Å²) >= 11 is 0. The van der Waals surface area contributed by atoms with Crippen molar-refractivity contribution in [2.45, 2.75) is 38.1 Å². The molecule has 5 heteroatoms. The lowest BCUT2D eigenvalue weighted by Gasteiger charge is -2.23. The molecule has 0 aromatic carbocycles. The van der Waals surface area contributed by atoms with Gasteiger partial charge in [-0.25, -0.2) is 9.78 Å². The Morgan fingerprint density at radius 1 is 1.30 bits per heavy atom. The van der Waals surface area contributed by atoms with Gasteiger partial charge < -0.3 is 4.98 Å². The molecule has 0 bridgehead atoms. The highest BCUT2D eigenvalue weighted by molar-refractivity contribution is 6.01. The maximum absolute atomic E-state index is 12.6. The molecule has 4 rings (SSSR count). The smallest absolute Gasteiger partial charge is 0.329 e. The summed E-state index contributed by atoms with van der Waals surface area (Å²) in [6.07, 6.45) is 9.62. The minimum absolute atomic E-state index is 0.0856. The molecular formula is C15H18N4O. The summed E-state index contributed by atoms with van der Waals surface area (Å²) in [4.78, 5) is 20.2. The SMILES string of the molecule is Cn1c(=O)n(C2CCCCC2)c2c3cc[nH]c3ncc21. The lowest BCUT2D eigenvalue weighted by atomic mass is 9.95. The summed E-state index contributed by atoms with van der Waals surface area (Å²) in [5.41, 5.74) is 2.90. The normalized spacial score (nSPS) is 17.2. The number of hydrogen-bond acceptors (Lipinski definition) is 2. The molecule has 3 aromatic heterocycles. The number of aromatic nitrogens is 4. The predicted octanol–water partition coefficient (Wildman–Crippen LogP) is 2.72. The van der Waals surface area contributed by atoms with Gasteiger partial charge in [-0.1, -0.05) is 19.3 Å². The Hall–Kier alpha value is -2.04. The van der Waals surface area contributed by atoms with E-state index in [0.29, 0.717) is 6.04 Å². The fourth-order valence-electron chi connectivity index (χ4n) is 3.52. The minimum Gasteiger partial charge on any atom is -0.346 e. The van der Waals surface area contributed by atoms with Gasteiger partial charge >= 0.3 is 5.69 Å². The number of fused-ring (bicyclic) bond motifs is 3. The van der Waals surface area contributed by atoms with E-state index in [1.165, 1.54) is 19.3 Å². The standard InChI is InChI=1S/C15H18N4O/c1-18-12-9-17-14-11(7-8-16-14)13(12)19(15(18)20)10-5-3-2-4-6-10/h7-10H,2-6H2,1H3,(H,16,17). The maximum Gasteiger partial charge on any atom is 0.329 e. The molecule has 0 aliphatic heterocycles. The lowest BCUT2D eigenvalue weighted by molar-refractivity contribution is 0.351. The van der Waals surface area contributed by atoms with E-state index >= 15 is 0 Å². The molecule has 3 heterocycles. The number of hydrogen-bond donors (Lipinski definition) is 1. The first kappa shape index (κ1) is 11.8. The maximum atomic E-state index is 12.6. The first-order chi connectivity index (χ1) is 9.77. The molecule has 0 spiro atoms. The molecule has 1 aliphatic carbocycles. The number of imidazole rings is 1. The second-order valence-corrected chi connectivity index (χ2v) is 5.74. The number of nitrogens with one attached hydrogen (secondary N) is 1. The molecule has 1 fully saturated rings. The number of H-pyrrole nitrogens is 1. The predicted molar refractivity (Wildman–Crippen MR) is 79.0 cm³/mol. The van der Waals surface area contributed by atoms with Gasteiger partial charge in [0.2, 0.25) is 0 Å². The topological polar surface area (TPSA) is 55.6 Å². The molecule has 5 nitrogen and oxygen atoms in total. The fraction of sp³-hybridized carbons (Fsp3) is 0.467. The molecule has 1 saturated carbocycles. The van der Waals surface area contributed by atoms with Crippen molar-refractivity contribution in [3.05, 3.63) is 28.9 Å².